The zero-order valence-electron chi connectivity index (χ0n) is 11.5. The van der Waals surface area contributed by atoms with Crippen molar-refractivity contribution in [2.24, 2.45) is 5.41 Å². The van der Waals surface area contributed by atoms with Gasteiger partial charge in [0.15, 0.2) is 0 Å². The van der Waals surface area contributed by atoms with Crippen molar-refractivity contribution < 1.29 is 9.84 Å². The van der Waals surface area contributed by atoms with E-state index in [4.69, 9.17) is 9.84 Å². The first-order chi connectivity index (χ1) is 8.01. The molecule has 1 heterocycles. The number of aliphatic hydroxyl groups excluding tert-OH is 1. The van der Waals surface area contributed by atoms with Gasteiger partial charge in [-0.2, -0.15) is 0 Å². The van der Waals surface area contributed by atoms with Crippen LogP contribution in [0.15, 0.2) is 11.6 Å². The number of rotatable bonds is 6. The Bertz CT molecular complexity index is 243. The molecular weight excluding hydrogens is 214 g/mol. The van der Waals surface area contributed by atoms with Crippen LogP contribution in [0.3, 0.4) is 0 Å². The van der Waals surface area contributed by atoms with E-state index in [2.05, 4.69) is 31.7 Å². The minimum atomic E-state index is 0.274. The molecule has 0 saturated heterocycles. The van der Waals surface area contributed by atoms with Gasteiger partial charge in [-0.3, -0.25) is 4.90 Å². The monoisotopic (exact) mass is 241 g/mol. The van der Waals surface area contributed by atoms with Gasteiger partial charge in [0.2, 0.25) is 0 Å². The molecule has 17 heavy (non-hydrogen) atoms. The van der Waals surface area contributed by atoms with Crippen molar-refractivity contribution in [2.45, 2.75) is 33.6 Å². The second-order valence-electron chi connectivity index (χ2n) is 6.05. The molecule has 0 amide bonds. The summed E-state index contributed by atoms with van der Waals surface area (Å²) in [5.41, 5.74) is 1.68. The molecule has 3 heteroatoms. The van der Waals surface area contributed by atoms with Crippen molar-refractivity contribution >= 4 is 0 Å². The van der Waals surface area contributed by atoms with Crippen molar-refractivity contribution in [1.82, 2.24) is 4.90 Å². The second kappa shape index (κ2) is 7.14. The van der Waals surface area contributed by atoms with Crippen LogP contribution in [0, 0.1) is 5.41 Å². The van der Waals surface area contributed by atoms with E-state index in [1.807, 2.05) is 0 Å². The smallest absolute Gasteiger partial charge is 0.0689 e. The molecule has 3 nitrogen and oxygen atoms in total. The van der Waals surface area contributed by atoms with Crippen LogP contribution in [0.5, 0.6) is 0 Å². The van der Waals surface area contributed by atoms with Crippen LogP contribution in [-0.4, -0.2) is 49.5 Å². The van der Waals surface area contributed by atoms with E-state index < -0.39 is 0 Å². The van der Waals surface area contributed by atoms with Crippen LogP contribution in [0.4, 0.5) is 0 Å². The average Bonchev–Trinajstić information content (AvgIpc) is 2.25. The second-order valence-corrected chi connectivity index (χ2v) is 6.05. The summed E-state index contributed by atoms with van der Waals surface area (Å²) in [5.74, 6) is 0. The standard InChI is InChI=1S/C14H27NO2/c1-14(2,3)12-15(7-5-8-16)10-13-6-4-9-17-11-13/h6,16H,4-5,7-12H2,1-3H3. The van der Waals surface area contributed by atoms with Crippen LogP contribution in [0.25, 0.3) is 0 Å². The van der Waals surface area contributed by atoms with E-state index in [1.54, 1.807) is 0 Å². The molecular formula is C14H27NO2. The molecule has 0 fully saturated rings. The number of hydrogen-bond donors (Lipinski definition) is 1. The van der Waals surface area contributed by atoms with E-state index in [1.165, 1.54) is 5.57 Å². The summed E-state index contributed by atoms with van der Waals surface area (Å²) in [7, 11) is 0. The van der Waals surface area contributed by atoms with Gasteiger partial charge >= 0.3 is 0 Å². The van der Waals surface area contributed by atoms with Gasteiger partial charge < -0.3 is 9.84 Å². The summed E-state index contributed by atoms with van der Waals surface area (Å²) < 4.78 is 5.47. The minimum Gasteiger partial charge on any atom is -0.396 e. The van der Waals surface area contributed by atoms with E-state index in [9.17, 15) is 0 Å². The molecule has 0 aromatic carbocycles. The molecule has 0 saturated carbocycles. The number of nitrogens with zero attached hydrogens (tertiary/aromatic N) is 1. The lowest BCUT2D eigenvalue weighted by Gasteiger charge is -2.31. The van der Waals surface area contributed by atoms with Gasteiger partial charge in [0.05, 0.1) is 13.2 Å². The highest BCUT2D eigenvalue weighted by Crippen LogP contribution is 2.17. The lowest BCUT2D eigenvalue weighted by atomic mass is 9.95. The Kier molecular flexibility index (Phi) is 6.17. The van der Waals surface area contributed by atoms with Crippen LogP contribution < -0.4 is 0 Å². The molecule has 0 spiro atoms. The Morgan fingerprint density at radius 2 is 2.18 bits per heavy atom. The average molecular weight is 241 g/mol. The Morgan fingerprint density at radius 1 is 1.41 bits per heavy atom. The molecule has 0 aromatic rings. The summed E-state index contributed by atoms with van der Waals surface area (Å²) in [5, 5.41) is 8.95. The van der Waals surface area contributed by atoms with Gasteiger partial charge in [-0.05, 0) is 23.8 Å². The van der Waals surface area contributed by atoms with Gasteiger partial charge in [0.1, 0.15) is 0 Å². The molecule has 1 aliphatic rings. The van der Waals surface area contributed by atoms with E-state index >= 15 is 0 Å². The molecule has 0 aliphatic carbocycles. The largest absolute Gasteiger partial charge is 0.396 e. The van der Waals surface area contributed by atoms with E-state index in [0.29, 0.717) is 5.41 Å². The molecule has 1 rings (SSSR count). The van der Waals surface area contributed by atoms with Crippen LogP contribution in [0.1, 0.15) is 33.6 Å². The first-order valence-electron chi connectivity index (χ1n) is 6.60. The predicted octanol–water partition coefficient (Wildman–Crippen LogP) is 2.06. The molecule has 100 valence electrons. The maximum atomic E-state index is 8.95. The number of aliphatic hydroxyl groups is 1. The van der Waals surface area contributed by atoms with E-state index in [0.717, 1.165) is 45.7 Å². The van der Waals surface area contributed by atoms with Crippen molar-refractivity contribution in [2.75, 3.05) is 39.5 Å². The lowest BCUT2D eigenvalue weighted by Crippen LogP contribution is -2.36. The van der Waals surface area contributed by atoms with Gasteiger partial charge in [0, 0.05) is 26.2 Å². The Hall–Kier alpha value is -0.380. The summed E-state index contributed by atoms with van der Waals surface area (Å²) in [6.45, 7) is 11.7. The quantitative estimate of drug-likeness (QED) is 0.723. The molecule has 0 unspecified atom stereocenters. The molecule has 0 bridgehead atoms. The summed E-state index contributed by atoms with van der Waals surface area (Å²) in [6, 6.07) is 0. The number of hydrogen-bond acceptors (Lipinski definition) is 3. The van der Waals surface area contributed by atoms with Crippen molar-refractivity contribution in [3.8, 4) is 0 Å². The molecule has 0 atom stereocenters. The van der Waals surface area contributed by atoms with Crippen LogP contribution in [0.2, 0.25) is 0 Å². The normalized spacial score (nSPS) is 17.4. The Labute approximate surface area is 105 Å². The molecule has 1 aliphatic heterocycles. The van der Waals surface area contributed by atoms with Crippen LogP contribution in [-0.2, 0) is 4.74 Å². The number of ether oxygens (including phenoxy) is 1. The van der Waals surface area contributed by atoms with Gasteiger partial charge in [-0.25, -0.2) is 0 Å². The fourth-order valence-electron chi connectivity index (χ4n) is 2.19. The van der Waals surface area contributed by atoms with Crippen molar-refractivity contribution in [3.63, 3.8) is 0 Å². The summed E-state index contributed by atoms with van der Waals surface area (Å²) in [4.78, 5) is 2.43. The van der Waals surface area contributed by atoms with Crippen molar-refractivity contribution in [1.29, 1.82) is 0 Å². The third-order valence-electron chi connectivity index (χ3n) is 2.74. The third kappa shape index (κ3) is 6.81. The highest BCUT2D eigenvalue weighted by molar-refractivity contribution is 5.07. The molecule has 1 N–H and O–H groups in total. The highest BCUT2D eigenvalue weighted by atomic mass is 16.5. The summed E-state index contributed by atoms with van der Waals surface area (Å²) in [6.07, 6.45) is 4.20. The summed E-state index contributed by atoms with van der Waals surface area (Å²) >= 11 is 0. The Morgan fingerprint density at radius 3 is 2.71 bits per heavy atom. The Balaban J connectivity index is 2.46. The fraction of sp³-hybridized carbons (Fsp3) is 0.857. The van der Waals surface area contributed by atoms with Crippen LogP contribution >= 0.6 is 0 Å². The fourth-order valence-corrected chi connectivity index (χ4v) is 2.19. The molecule has 0 radical (unpaired) electrons. The first kappa shape index (κ1) is 14.7. The SMILES string of the molecule is CC(C)(C)CN(CCCO)CC1=CCCOC1. The predicted molar refractivity (Wildman–Crippen MR) is 71.1 cm³/mol. The maximum Gasteiger partial charge on any atom is 0.0689 e. The first-order valence-corrected chi connectivity index (χ1v) is 6.60. The highest BCUT2D eigenvalue weighted by Gasteiger charge is 2.17. The lowest BCUT2D eigenvalue weighted by molar-refractivity contribution is 0.133. The zero-order chi connectivity index (χ0) is 12.7. The maximum absolute atomic E-state index is 8.95. The molecule has 0 aromatic heterocycles. The van der Waals surface area contributed by atoms with Crippen molar-refractivity contribution in [3.05, 3.63) is 11.6 Å². The minimum absolute atomic E-state index is 0.274. The van der Waals surface area contributed by atoms with Gasteiger partial charge in [-0.15, -0.1) is 0 Å². The topological polar surface area (TPSA) is 32.7 Å². The zero-order valence-corrected chi connectivity index (χ0v) is 11.5. The third-order valence-corrected chi connectivity index (χ3v) is 2.74. The van der Waals surface area contributed by atoms with Gasteiger partial charge in [0.25, 0.3) is 0 Å². The van der Waals surface area contributed by atoms with Gasteiger partial charge in [-0.1, -0.05) is 26.8 Å². The van der Waals surface area contributed by atoms with E-state index in [-0.39, 0.29) is 6.61 Å².